The van der Waals surface area contributed by atoms with Gasteiger partial charge in [0.1, 0.15) is 12.3 Å². The Kier molecular flexibility index (Phi) is 7.57. The number of fused-ring (bicyclic) bond motifs is 1. The highest BCUT2D eigenvalue weighted by atomic mass is 16.5. The van der Waals surface area contributed by atoms with Crippen molar-refractivity contribution in [3.63, 3.8) is 0 Å². The van der Waals surface area contributed by atoms with Gasteiger partial charge < -0.3 is 9.64 Å². The van der Waals surface area contributed by atoms with Crippen LogP contribution < -0.4 is 10.3 Å². The second kappa shape index (κ2) is 10.1. The number of methoxy groups -OCH3 is 1. The molecule has 1 fully saturated rings. The van der Waals surface area contributed by atoms with Crippen LogP contribution in [0.1, 0.15) is 70.8 Å². The van der Waals surface area contributed by atoms with Crippen LogP contribution in [-0.2, 0) is 11.3 Å². The molecule has 164 valence electrons. The molecule has 0 saturated heterocycles. The van der Waals surface area contributed by atoms with E-state index in [0.717, 1.165) is 42.3 Å². The molecule has 5 heteroatoms. The van der Waals surface area contributed by atoms with Gasteiger partial charge in [0.25, 0.3) is 5.56 Å². The Hall–Kier alpha value is -2.30. The molecule has 5 nitrogen and oxygen atoms in total. The van der Waals surface area contributed by atoms with Crippen LogP contribution in [0.4, 0.5) is 0 Å². The molecular weight excluding hydrogens is 376 g/mol. The van der Waals surface area contributed by atoms with Crippen LogP contribution in [0.2, 0.25) is 0 Å². The molecule has 0 N–H and O–H groups in total. The number of pyridine rings is 1. The molecule has 1 aliphatic rings. The Bertz CT molecular complexity index is 926. The third kappa shape index (κ3) is 5.05. The lowest BCUT2D eigenvalue weighted by Crippen LogP contribution is -2.38. The summed E-state index contributed by atoms with van der Waals surface area (Å²) >= 11 is 0. The standard InChI is InChI=1S/C25H36N2O3/c1-5-26(14-13-18(2)3)24(28)17-27-23-16-21(30-4)12-11-20(23)15-22(25(27)29)19-9-7-6-8-10-19/h11-12,15-16,18-19H,5-10,13-14,17H2,1-4H3. The van der Waals surface area contributed by atoms with E-state index in [1.807, 2.05) is 36.1 Å². The summed E-state index contributed by atoms with van der Waals surface area (Å²) in [7, 11) is 1.62. The monoisotopic (exact) mass is 412 g/mol. The number of nitrogens with zero attached hydrogens (tertiary/aromatic N) is 2. The zero-order chi connectivity index (χ0) is 21.7. The maximum absolute atomic E-state index is 13.5. The van der Waals surface area contributed by atoms with E-state index in [2.05, 4.69) is 13.8 Å². The van der Waals surface area contributed by atoms with Crippen LogP contribution in [0.3, 0.4) is 0 Å². The Labute approximate surface area is 180 Å². The average molecular weight is 413 g/mol. The highest BCUT2D eigenvalue weighted by Gasteiger charge is 2.23. The fourth-order valence-corrected chi connectivity index (χ4v) is 4.47. The maximum atomic E-state index is 13.5. The minimum absolute atomic E-state index is 0.00478. The summed E-state index contributed by atoms with van der Waals surface area (Å²) in [6.45, 7) is 7.79. The smallest absolute Gasteiger partial charge is 0.255 e. The molecule has 2 aromatic rings. The molecule has 0 unspecified atom stereocenters. The first-order valence-corrected chi connectivity index (χ1v) is 11.4. The van der Waals surface area contributed by atoms with E-state index in [0.29, 0.717) is 24.1 Å². The van der Waals surface area contributed by atoms with Crippen LogP contribution in [0, 0.1) is 5.92 Å². The first-order chi connectivity index (χ1) is 14.4. The number of ether oxygens (including phenoxy) is 1. The van der Waals surface area contributed by atoms with E-state index in [1.54, 1.807) is 11.7 Å². The predicted octanol–water partition coefficient (Wildman–Crippen LogP) is 4.95. The summed E-state index contributed by atoms with van der Waals surface area (Å²) in [4.78, 5) is 28.5. The van der Waals surface area contributed by atoms with Gasteiger partial charge in [-0.05, 0) is 61.6 Å². The fourth-order valence-electron chi connectivity index (χ4n) is 4.47. The summed E-state index contributed by atoms with van der Waals surface area (Å²) in [5.41, 5.74) is 1.62. The minimum atomic E-state index is -0.0177. The van der Waals surface area contributed by atoms with Gasteiger partial charge in [-0.3, -0.25) is 14.2 Å². The highest BCUT2D eigenvalue weighted by Crippen LogP contribution is 2.32. The summed E-state index contributed by atoms with van der Waals surface area (Å²) in [5, 5.41) is 0.994. The molecule has 30 heavy (non-hydrogen) atoms. The zero-order valence-electron chi connectivity index (χ0n) is 18.9. The topological polar surface area (TPSA) is 51.5 Å². The number of hydrogen-bond acceptors (Lipinski definition) is 3. The third-order valence-corrected chi connectivity index (χ3v) is 6.38. The van der Waals surface area contributed by atoms with E-state index in [1.165, 1.54) is 19.3 Å². The number of benzene rings is 1. The SMILES string of the molecule is CCN(CCC(C)C)C(=O)Cn1c(=O)c(C2CCCCC2)cc2ccc(OC)cc21. The van der Waals surface area contributed by atoms with Crippen molar-refractivity contribution in [3.8, 4) is 5.75 Å². The molecule has 0 radical (unpaired) electrons. The molecule has 1 heterocycles. The van der Waals surface area contributed by atoms with Crippen molar-refractivity contribution in [2.45, 2.75) is 71.8 Å². The summed E-state index contributed by atoms with van der Waals surface area (Å²) in [6.07, 6.45) is 6.66. The van der Waals surface area contributed by atoms with Crippen molar-refractivity contribution < 1.29 is 9.53 Å². The van der Waals surface area contributed by atoms with Crippen molar-refractivity contribution in [1.82, 2.24) is 9.47 Å². The van der Waals surface area contributed by atoms with Crippen LogP contribution in [0.25, 0.3) is 10.9 Å². The van der Waals surface area contributed by atoms with Crippen molar-refractivity contribution in [1.29, 1.82) is 0 Å². The van der Waals surface area contributed by atoms with Gasteiger partial charge in [-0.1, -0.05) is 33.1 Å². The molecule has 1 aromatic carbocycles. The quantitative estimate of drug-likeness (QED) is 0.616. The van der Waals surface area contributed by atoms with Crippen molar-refractivity contribution in [3.05, 3.63) is 40.2 Å². The molecule has 0 spiro atoms. The van der Waals surface area contributed by atoms with Gasteiger partial charge in [0.2, 0.25) is 5.91 Å². The van der Waals surface area contributed by atoms with Crippen molar-refractivity contribution in [2.24, 2.45) is 5.92 Å². The summed E-state index contributed by atoms with van der Waals surface area (Å²) in [5.74, 6) is 1.53. The van der Waals surface area contributed by atoms with Gasteiger partial charge in [0.05, 0.1) is 12.6 Å². The third-order valence-electron chi connectivity index (χ3n) is 6.38. The first kappa shape index (κ1) is 22.4. The lowest BCUT2D eigenvalue weighted by molar-refractivity contribution is -0.131. The average Bonchev–Trinajstić information content (AvgIpc) is 2.76. The molecule has 0 bridgehead atoms. The number of rotatable bonds is 8. The molecule has 3 rings (SSSR count). The number of likely N-dealkylation sites (N-methyl/N-ethyl adjacent to an activating group) is 1. The molecule has 1 amide bonds. The van der Waals surface area contributed by atoms with Crippen LogP contribution in [-0.4, -0.2) is 35.6 Å². The molecule has 1 aliphatic carbocycles. The van der Waals surface area contributed by atoms with E-state index in [-0.39, 0.29) is 18.0 Å². The first-order valence-electron chi connectivity index (χ1n) is 11.4. The highest BCUT2D eigenvalue weighted by molar-refractivity contribution is 5.84. The number of carbonyl (C=O) groups excluding carboxylic acids is 1. The van der Waals surface area contributed by atoms with Crippen LogP contribution >= 0.6 is 0 Å². The molecule has 0 aliphatic heterocycles. The number of amides is 1. The molecular formula is C25H36N2O3. The number of hydrogen-bond donors (Lipinski definition) is 0. The van der Waals surface area contributed by atoms with Gasteiger partial charge in [-0.2, -0.15) is 0 Å². The predicted molar refractivity (Wildman–Crippen MR) is 122 cm³/mol. The van der Waals surface area contributed by atoms with Gasteiger partial charge in [-0.25, -0.2) is 0 Å². The number of aromatic nitrogens is 1. The molecule has 1 aromatic heterocycles. The lowest BCUT2D eigenvalue weighted by Gasteiger charge is -2.25. The van der Waals surface area contributed by atoms with Crippen molar-refractivity contribution >= 4 is 16.8 Å². The normalized spacial score (nSPS) is 15.0. The van der Waals surface area contributed by atoms with E-state index < -0.39 is 0 Å². The summed E-state index contributed by atoms with van der Waals surface area (Å²) in [6, 6.07) is 7.84. The Morgan fingerprint density at radius 3 is 2.57 bits per heavy atom. The van der Waals surface area contributed by atoms with E-state index in [4.69, 9.17) is 4.74 Å². The minimum Gasteiger partial charge on any atom is -0.497 e. The zero-order valence-corrected chi connectivity index (χ0v) is 18.9. The lowest BCUT2D eigenvalue weighted by atomic mass is 9.84. The van der Waals surface area contributed by atoms with Crippen molar-refractivity contribution in [2.75, 3.05) is 20.2 Å². The second-order valence-corrected chi connectivity index (χ2v) is 8.91. The largest absolute Gasteiger partial charge is 0.497 e. The maximum Gasteiger partial charge on any atom is 0.255 e. The Balaban J connectivity index is 2.02. The second-order valence-electron chi connectivity index (χ2n) is 8.91. The fraction of sp³-hybridized carbons (Fsp3) is 0.600. The van der Waals surface area contributed by atoms with Gasteiger partial charge >= 0.3 is 0 Å². The van der Waals surface area contributed by atoms with Crippen LogP contribution in [0.15, 0.2) is 29.1 Å². The molecule has 0 atom stereocenters. The summed E-state index contributed by atoms with van der Waals surface area (Å²) < 4.78 is 7.07. The van der Waals surface area contributed by atoms with Crippen LogP contribution in [0.5, 0.6) is 5.75 Å². The van der Waals surface area contributed by atoms with Gasteiger partial charge in [0, 0.05) is 24.7 Å². The van der Waals surface area contributed by atoms with Gasteiger partial charge in [-0.15, -0.1) is 0 Å². The van der Waals surface area contributed by atoms with E-state index in [9.17, 15) is 9.59 Å². The Morgan fingerprint density at radius 1 is 1.20 bits per heavy atom. The van der Waals surface area contributed by atoms with E-state index >= 15 is 0 Å². The van der Waals surface area contributed by atoms with Gasteiger partial charge in [0.15, 0.2) is 0 Å². The molecule has 1 saturated carbocycles. The number of carbonyl (C=O) groups is 1. The Morgan fingerprint density at radius 2 is 1.93 bits per heavy atom.